The van der Waals surface area contributed by atoms with Crippen LogP contribution in [0.3, 0.4) is 0 Å². The Morgan fingerprint density at radius 3 is 2.65 bits per heavy atom. The van der Waals surface area contributed by atoms with Crippen molar-refractivity contribution in [2.75, 3.05) is 19.3 Å². The minimum Gasteiger partial charge on any atom is -0.478 e. The van der Waals surface area contributed by atoms with Crippen LogP contribution in [-0.2, 0) is 10.0 Å². The Morgan fingerprint density at radius 1 is 1.55 bits per heavy atom. The van der Waals surface area contributed by atoms with Gasteiger partial charge in [0.2, 0.25) is 10.0 Å². The average molecular weight is 297 g/mol. The predicted molar refractivity (Wildman–Crippen MR) is 72.4 cm³/mol. The number of nitrogens with zero attached hydrogens (tertiary/aromatic N) is 2. The quantitative estimate of drug-likeness (QED) is 0.772. The fourth-order valence-corrected chi connectivity index (χ4v) is 3.05. The summed E-state index contributed by atoms with van der Waals surface area (Å²) in [7, 11) is -2.69. The molecule has 0 spiro atoms. The van der Waals surface area contributed by atoms with E-state index in [0.717, 1.165) is 16.4 Å². The van der Waals surface area contributed by atoms with Gasteiger partial charge in [-0.25, -0.2) is 13.2 Å². The van der Waals surface area contributed by atoms with Gasteiger partial charge < -0.3 is 10.8 Å². The number of hydrogen-bond acceptors (Lipinski definition) is 5. The van der Waals surface area contributed by atoms with E-state index in [1.807, 2.05) is 6.07 Å². The second kappa shape index (κ2) is 5.90. The van der Waals surface area contributed by atoms with E-state index in [2.05, 4.69) is 0 Å². The molecule has 1 aromatic carbocycles. The van der Waals surface area contributed by atoms with Gasteiger partial charge in [0, 0.05) is 19.3 Å². The molecule has 20 heavy (non-hydrogen) atoms. The molecule has 0 saturated carbocycles. The Morgan fingerprint density at radius 2 is 2.15 bits per heavy atom. The molecule has 0 amide bonds. The molecule has 1 atom stereocenters. The highest BCUT2D eigenvalue weighted by molar-refractivity contribution is 7.89. The van der Waals surface area contributed by atoms with Gasteiger partial charge >= 0.3 is 5.97 Å². The van der Waals surface area contributed by atoms with Gasteiger partial charge in [0.25, 0.3) is 0 Å². The van der Waals surface area contributed by atoms with Crippen molar-refractivity contribution >= 4 is 21.7 Å². The van der Waals surface area contributed by atoms with Crippen LogP contribution in [-0.4, -0.2) is 37.4 Å². The van der Waals surface area contributed by atoms with Gasteiger partial charge in [0.15, 0.2) is 0 Å². The largest absolute Gasteiger partial charge is 0.478 e. The van der Waals surface area contributed by atoms with E-state index in [1.54, 1.807) is 6.92 Å². The minimum absolute atomic E-state index is 0.0255. The standard InChI is InChI=1S/C12H15N3O4S/c1-8(6-13)7-15(2)20(18,19)11-4-3-9(14)5-10(11)12(16)17/h3-5,8H,7,14H2,1-2H3,(H,16,17). The van der Waals surface area contributed by atoms with Crippen molar-refractivity contribution in [3.8, 4) is 6.07 Å². The number of benzene rings is 1. The Labute approximate surface area is 117 Å². The lowest BCUT2D eigenvalue weighted by atomic mass is 10.2. The summed E-state index contributed by atoms with van der Waals surface area (Å²) in [5.74, 6) is -1.88. The molecule has 3 N–H and O–H groups in total. The topological polar surface area (TPSA) is 124 Å². The van der Waals surface area contributed by atoms with Crippen molar-refractivity contribution < 1.29 is 18.3 Å². The van der Waals surface area contributed by atoms with Crippen molar-refractivity contribution in [1.29, 1.82) is 5.26 Å². The molecular formula is C12H15N3O4S. The summed E-state index contributed by atoms with van der Waals surface area (Å²) in [6.07, 6.45) is 0. The van der Waals surface area contributed by atoms with E-state index in [0.29, 0.717) is 0 Å². The molecule has 0 fully saturated rings. The number of hydrogen-bond donors (Lipinski definition) is 2. The number of nitrogens with two attached hydrogens (primary N) is 1. The molecule has 8 heteroatoms. The predicted octanol–water partition coefficient (Wildman–Crippen LogP) is 0.747. The lowest BCUT2D eigenvalue weighted by molar-refractivity contribution is 0.0692. The fourth-order valence-electron chi connectivity index (χ4n) is 1.63. The van der Waals surface area contributed by atoms with E-state index in [9.17, 15) is 13.2 Å². The van der Waals surface area contributed by atoms with Gasteiger partial charge in [-0.15, -0.1) is 0 Å². The first kappa shape index (κ1) is 15.9. The summed E-state index contributed by atoms with van der Waals surface area (Å²) in [5, 5.41) is 17.8. The highest BCUT2D eigenvalue weighted by atomic mass is 32.2. The Hall–Kier alpha value is -2.11. The molecule has 0 aliphatic carbocycles. The van der Waals surface area contributed by atoms with Crippen LogP contribution in [0.1, 0.15) is 17.3 Å². The van der Waals surface area contributed by atoms with Crippen molar-refractivity contribution in [3.63, 3.8) is 0 Å². The van der Waals surface area contributed by atoms with Gasteiger partial charge in [-0.3, -0.25) is 0 Å². The maximum atomic E-state index is 12.3. The third kappa shape index (κ3) is 3.26. The Kier molecular flexibility index (Phi) is 4.70. The summed E-state index contributed by atoms with van der Waals surface area (Å²) in [5.41, 5.74) is 5.25. The van der Waals surface area contributed by atoms with Crippen molar-refractivity contribution in [1.82, 2.24) is 4.31 Å². The number of sulfonamides is 1. The first-order chi connectivity index (χ1) is 9.20. The van der Waals surface area contributed by atoms with Crippen LogP contribution in [0.2, 0.25) is 0 Å². The lowest BCUT2D eigenvalue weighted by Crippen LogP contribution is -2.31. The molecule has 1 rings (SSSR count). The number of carboxylic acid groups (broad SMARTS) is 1. The zero-order valence-corrected chi connectivity index (χ0v) is 11.9. The van der Waals surface area contributed by atoms with Crippen molar-refractivity contribution in [2.45, 2.75) is 11.8 Å². The number of nitrogen functional groups attached to an aromatic ring is 1. The first-order valence-electron chi connectivity index (χ1n) is 5.69. The Bertz CT molecular complexity index is 664. The maximum Gasteiger partial charge on any atom is 0.337 e. The summed E-state index contributed by atoms with van der Waals surface area (Å²) >= 11 is 0. The second-order valence-corrected chi connectivity index (χ2v) is 6.39. The normalized spacial score (nSPS) is 12.9. The van der Waals surface area contributed by atoms with E-state index in [4.69, 9.17) is 16.1 Å². The molecule has 0 saturated heterocycles. The zero-order valence-electron chi connectivity index (χ0n) is 11.1. The molecule has 0 aliphatic heterocycles. The SMILES string of the molecule is CC(C#N)CN(C)S(=O)(=O)c1ccc(N)cc1C(=O)O. The molecule has 0 bridgehead atoms. The van der Waals surface area contributed by atoms with E-state index in [1.165, 1.54) is 13.1 Å². The summed E-state index contributed by atoms with van der Waals surface area (Å²) < 4.78 is 25.6. The summed E-state index contributed by atoms with van der Waals surface area (Å²) in [6.45, 7) is 1.55. The summed E-state index contributed by atoms with van der Waals surface area (Å²) in [4.78, 5) is 10.8. The van der Waals surface area contributed by atoms with Crippen LogP contribution in [0.25, 0.3) is 0 Å². The van der Waals surface area contributed by atoms with E-state index in [-0.39, 0.29) is 22.7 Å². The minimum atomic E-state index is -3.99. The van der Waals surface area contributed by atoms with Gasteiger partial charge in [0.05, 0.1) is 22.4 Å². The monoisotopic (exact) mass is 297 g/mol. The van der Waals surface area contributed by atoms with Crippen LogP contribution in [0.4, 0.5) is 5.69 Å². The molecule has 0 heterocycles. The number of carboxylic acids is 1. The maximum absolute atomic E-state index is 12.3. The lowest BCUT2D eigenvalue weighted by Gasteiger charge is -2.19. The van der Waals surface area contributed by atoms with E-state index < -0.39 is 21.9 Å². The van der Waals surface area contributed by atoms with Gasteiger partial charge in [-0.2, -0.15) is 9.57 Å². The molecule has 0 radical (unpaired) electrons. The summed E-state index contributed by atoms with van der Waals surface area (Å²) in [6, 6.07) is 5.49. The molecule has 1 aromatic rings. The van der Waals surface area contributed by atoms with E-state index >= 15 is 0 Å². The molecule has 0 aliphatic rings. The second-order valence-electron chi connectivity index (χ2n) is 4.38. The van der Waals surface area contributed by atoms with Gasteiger partial charge in [-0.05, 0) is 25.1 Å². The van der Waals surface area contributed by atoms with Crippen LogP contribution >= 0.6 is 0 Å². The van der Waals surface area contributed by atoms with Crippen LogP contribution in [0.15, 0.2) is 23.1 Å². The van der Waals surface area contributed by atoms with Crippen molar-refractivity contribution in [3.05, 3.63) is 23.8 Å². The number of rotatable bonds is 5. The van der Waals surface area contributed by atoms with Crippen molar-refractivity contribution in [2.24, 2.45) is 5.92 Å². The van der Waals surface area contributed by atoms with Gasteiger partial charge in [0.1, 0.15) is 0 Å². The number of carbonyl (C=O) groups is 1. The number of nitriles is 1. The highest BCUT2D eigenvalue weighted by Gasteiger charge is 2.27. The molecule has 1 unspecified atom stereocenters. The molecule has 0 aromatic heterocycles. The smallest absolute Gasteiger partial charge is 0.337 e. The van der Waals surface area contributed by atoms with Crippen LogP contribution in [0.5, 0.6) is 0 Å². The average Bonchev–Trinajstić information content (AvgIpc) is 2.37. The molecule has 108 valence electrons. The molecule has 7 nitrogen and oxygen atoms in total. The van der Waals surface area contributed by atoms with Gasteiger partial charge in [-0.1, -0.05) is 0 Å². The highest BCUT2D eigenvalue weighted by Crippen LogP contribution is 2.22. The van der Waals surface area contributed by atoms with Crippen LogP contribution in [0, 0.1) is 17.2 Å². The Balaban J connectivity index is 3.29. The number of anilines is 1. The first-order valence-corrected chi connectivity index (χ1v) is 7.13. The zero-order chi connectivity index (χ0) is 15.5. The third-order valence-electron chi connectivity index (χ3n) is 2.67. The molecular weight excluding hydrogens is 282 g/mol. The fraction of sp³-hybridized carbons (Fsp3) is 0.333. The number of aromatic carboxylic acids is 1. The third-order valence-corrected chi connectivity index (χ3v) is 4.56. The van der Waals surface area contributed by atoms with Crippen LogP contribution < -0.4 is 5.73 Å².